The van der Waals surface area contributed by atoms with Crippen LogP contribution < -0.4 is 0 Å². The van der Waals surface area contributed by atoms with Crippen molar-refractivity contribution in [2.45, 2.75) is 4.90 Å². The van der Waals surface area contributed by atoms with E-state index in [0.29, 0.717) is 0 Å². The van der Waals surface area contributed by atoms with E-state index in [1.54, 1.807) is 23.1 Å². The number of benzene rings is 1. The van der Waals surface area contributed by atoms with Gasteiger partial charge >= 0.3 is 0 Å². The van der Waals surface area contributed by atoms with Crippen LogP contribution in [0.15, 0.2) is 23.1 Å². The summed E-state index contributed by atoms with van der Waals surface area (Å²) in [4.78, 5) is 4.45. The van der Waals surface area contributed by atoms with Crippen LogP contribution in [0.1, 0.15) is 0 Å². The second kappa shape index (κ2) is 3.20. The Balaban J connectivity index is 2.87. The monoisotopic (exact) mass is 213 g/mol. The van der Waals surface area contributed by atoms with Gasteiger partial charge in [-0.05, 0) is 30.6 Å². The number of H-pyrrole nitrogens is 1. The summed E-state index contributed by atoms with van der Waals surface area (Å²) >= 11 is 8.44. The van der Waals surface area contributed by atoms with Gasteiger partial charge in [0.1, 0.15) is 0 Å². The average Bonchev–Trinajstić information content (AvgIpc) is 2.44. The number of para-hydroxylation sites is 1. The van der Waals surface area contributed by atoms with Gasteiger partial charge in [0.2, 0.25) is 0 Å². The molecule has 62 valence electrons. The fraction of sp³-hybridized carbons (Fsp3) is 0.125. The molecule has 1 heterocycles. The van der Waals surface area contributed by atoms with E-state index < -0.39 is 0 Å². The Morgan fingerprint density at radius 3 is 3.08 bits per heavy atom. The number of rotatable bonds is 1. The Bertz CT molecular complexity index is 455. The lowest BCUT2D eigenvalue weighted by Crippen LogP contribution is -1.72. The lowest BCUT2D eigenvalue weighted by atomic mass is 10.3. The number of hydrogen-bond donors (Lipinski definition) is 1. The van der Waals surface area contributed by atoms with Crippen molar-refractivity contribution >= 4 is 45.5 Å². The topological polar surface area (TPSA) is 15.8 Å². The minimum Gasteiger partial charge on any atom is -0.336 e. The predicted octanol–water partition coefficient (Wildman–Crippen LogP) is 3.68. The molecule has 1 aromatic heterocycles. The number of aromatic amines is 1. The molecule has 0 aliphatic heterocycles. The molecular formula is C8H7NS3. The number of nitrogens with one attached hydrogen (secondary N) is 1. The first kappa shape index (κ1) is 8.29. The number of thiazole rings is 1. The molecule has 0 saturated heterocycles. The van der Waals surface area contributed by atoms with Gasteiger partial charge in [-0.2, -0.15) is 0 Å². The van der Waals surface area contributed by atoms with Crippen molar-refractivity contribution in [3.05, 3.63) is 22.2 Å². The van der Waals surface area contributed by atoms with Gasteiger partial charge in [-0.25, -0.2) is 0 Å². The van der Waals surface area contributed by atoms with Crippen molar-refractivity contribution in [3.8, 4) is 0 Å². The van der Waals surface area contributed by atoms with E-state index in [4.69, 9.17) is 12.2 Å². The van der Waals surface area contributed by atoms with Gasteiger partial charge in [0, 0.05) is 4.90 Å². The largest absolute Gasteiger partial charge is 0.336 e. The highest BCUT2D eigenvalue weighted by molar-refractivity contribution is 7.98. The van der Waals surface area contributed by atoms with Crippen molar-refractivity contribution in [2.75, 3.05) is 6.26 Å². The van der Waals surface area contributed by atoms with Gasteiger partial charge in [0.25, 0.3) is 0 Å². The lowest BCUT2D eigenvalue weighted by molar-refractivity contribution is 1.40. The molecule has 1 N–H and O–H groups in total. The molecule has 0 amide bonds. The van der Waals surface area contributed by atoms with Crippen LogP contribution in [0.2, 0.25) is 0 Å². The second-order valence-corrected chi connectivity index (χ2v) is 4.91. The molecule has 0 aliphatic rings. The van der Waals surface area contributed by atoms with Gasteiger partial charge < -0.3 is 4.98 Å². The van der Waals surface area contributed by atoms with E-state index in [-0.39, 0.29) is 0 Å². The molecule has 2 rings (SSSR count). The maximum absolute atomic E-state index is 5.07. The first-order chi connectivity index (χ1) is 5.81. The summed E-state index contributed by atoms with van der Waals surface area (Å²) in [5.74, 6) is 0. The molecule has 0 radical (unpaired) electrons. The maximum Gasteiger partial charge on any atom is 0.159 e. The Hall–Kier alpha value is -0.320. The first-order valence-electron chi connectivity index (χ1n) is 3.47. The number of hydrogen-bond acceptors (Lipinski definition) is 3. The summed E-state index contributed by atoms with van der Waals surface area (Å²) in [5.41, 5.74) is 1.18. The lowest BCUT2D eigenvalue weighted by Gasteiger charge is -1.95. The van der Waals surface area contributed by atoms with Crippen LogP contribution in [0.25, 0.3) is 10.2 Å². The normalized spacial score (nSPS) is 10.8. The molecule has 0 unspecified atom stereocenters. The maximum atomic E-state index is 5.07. The predicted molar refractivity (Wildman–Crippen MR) is 58.8 cm³/mol. The van der Waals surface area contributed by atoms with Crippen molar-refractivity contribution < 1.29 is 0 Å². The average molecular weight is 213 g/mol. The molecule has 0 spiro atoms. The van der Waals surface area contributed by atoms with Crippen molar-refractivity contribution in [1.29, 1.82) is 0 Å². The molecule has 12 heavy (non-hydrogen) atoms. The van der Waals surface area contributed by atoms with E-state index in [9.17, 15) is 0 Å². The van der Waals surface area contributed by atoms with E-state index >= 15 is 0 Å². The zero-order valence-corrected chi connectivity index (χ0v) is 8.91. The number of aromatic nitrogens is 1. The van der Waals surface area contributed by atoms with Crippen LogP contribution in [0, 0.1) is 3.95 Å². The Labute approximate surface area is 83.8 Å². The van der Waals surface area contributed by atoms with E-state index in [1.807, 2.05) is 0 Å². The van der Waals surface area contributed by atoms with Gasteiger partial charge in [0.05, 0.1) is 10.2 Å². The summed E-state index contributed by atoms with van der Waals surface area (Å²) in [6, 6.07) is 6.25. The molecule has 0 aliphatic carbocycles. The van der Waals surface area contributed by atoms with Crippen molar-refractivity contribution in [1.82, 2.24) is 4.98 Å². The third kappa shape index (κ3) is 1.30. The molecule has 0 fully saturated rings. The molecule has 0 saturated carbocycles. The highest BCUT2D eigenvalue weighted by Gasteiger charge is 2.00. The second-order valence-electron chi connectivity index (χ2n) is 2.35. The number of thioether (sulfide) groups is 1. The molecule has 0 bridgehead atoms. The number of fused-ring (bicyclic) bond motifs is 1. The van der Waals surface area contributed by atoms with Crippen molar-refractivity contribution in [3.63, 3.8) is 0 Å². The van der Waals surface area contributed by atoms with E-state index in [0.717, 1.165) is 3.95 Å². The smallest absolute Gasteiger partial charge is 0.159 e. The van der Waals surface area contributed by atoms with Crippen LogP contribution in [0.3, 0.4) is 0 Å². The third-order valence-corrected chi connectivity index (χ3v) is 3.62. The van der Waals surface area contributed by atoms with E-state index in [1.165, 1.54) is 15.1 Å². The molecule has 0 atom stereocenters. The highest BCUT2D eigenvalue weighted by atomic mass is 32.2. The van der Waals surface area contributed by atoms with Crippen LogP contribution in [0.5, 0.6) is 0 Å². The van der Waals surface area contributed by atoms with Crippen LogP contribution >= 0.6 is 35.3 Å². The quantitative estimate of drug-likeness (QED) is 0.574. The summed E-state index contributed by atoms with van der Waals surface area (Å²) in [6.45, 7) is 0. The van der Waals surface area contributed by atoms with E-state index in [2.05, 4.69) is 29.4 Å². The molecule has 1 aromatic carbocycles. The minimum atomic E-state index is 0.853. The Morgan fingerprint density at radius 2 is 2.33 bits per heavy atom. The fourth-order valence-electron chi connectivity index (χ4n) is 1.12. The standard InChI is InChI=1S/C8H7NS3/c1-11-5-3-2-4-6-7(5)9-8(10)12-6/h2-4H,1H3,(H,9,10). The fourth-order valence-corrected chi connectivity index (χ4v) is 2.90. The van der Waals surface area contributed by atoms with Crippen molar-refractivity contribution in [2.24, 2.45) is 0 Å². The van der Waals surface area contributed by atoms with Crippen LogP contribution in [-0.2, 0) is 0 Å². The molecule has 2 aromatic rings. The van der Waals surface area contributed by atoms with Gasteiger partial charge in [-0.15, -0.1) is 23.1 Å². The van der Waals surface area contributed by atoms with Crippen LogP contribution in [0.4, 0.5) is 0 Å². The first-order valence-corrected chi connectivity index (χ1v) is 5.92. The van der Waals surface area contributed by atoms with Gasteiger partial charge in [-0.3, -0.25) is 0 Å². The van der Waals surface area contributed by atoms with Gasteiger partial charge in [-0.1, -0.05) is 6.07 Å². The summed E-state index contributed by atoms with van der Waals surface area (Å²) in [7, 11) is 0. The zero-order chi connectivity index (χ0) is 8.55. The summed E-state index contributed by atoms with van der Waals surface area (Å²) in [6.07, 6.45) is 2.07. The summed E-state index contributed by atoms with van der Waals surface area (Å²) in [5, 5.41) is 0. The third-order valence-electron chi connectivity index (χ3n) is 1.64. The Kier molecular flexibility index (Phi) is 2.21. The van der Waals surface area contributed by atoms with Gasteiger partial charge in [0.15, 0.2) is 3.95 Å². The minimum absolute atomic E-state index is 0.853. The zero-order valence-electron chi connectivity index (χ0n) is 6.46. The molecule has 1 nitrogen and oxygen atoms in total. The SMILES string of the molecule is CSc1cccc2sc(=S)[nH]c12. The molecule has 4 heteroatoms. The molecular weight excluding hydrogens is 206 g/mol. The Morgan fingerprint density at radius 1 is 1.50 bits per heavy atom. The van der Waals surface area contributed by atoms with Crippen LogP contribution in [-0.4, -0.2) is 11.2 Å². The highest BCUT2D eigenvalue weighted by Crippen LogP contribution is 2.27. The summed E-state index contributed by atoms with van der Waals surface area (Å²) < 4.78 is 2.10.